The van der Waals surface area contributed by atoms with E-state index in [0.29, 0.717) is 12.2 Å². The molecule has 2 N–H and O–H groups in total. The number of carbonyl (C=O) groups is 1. The van der Waals surface area contributed by atoms with Crippen molar-refractivity contribution in [1.82, 2.24) is 0 Å². The molecule has 1 aromatic carbocycles. The Hall–Kier alpha value is -2.13. The summed E-state index contributed by atoms with van der Waals surface area (Å²) >= 11 is 1.37. The largest absolute Gasteiger partial charge is 0.384 e. The van der Waals surface area contributed by atoms with Gasteiger partial charge in [-0.25, -0.2) is 0 Å². The van der Waals surface area contributed by atoms with Crippen LogP contribution in [0.5, 0.6) is 0 Å². The van der Waals surface area contributed by atoms with Gasteiger partial charge in [0.05, 0.1) is 17.0 Å². The van der Waals surface area contributed by atoms with Crippen molar-refractivity contribution in [2.45, 2.75) is 6.61 Å². The van der Waals surface area contributed by atoms with E-state index in [2.05, 4.69) is 17.2 Å². The first-order chi connectivity index (χ1) is 10.2. The summed E-state index contributed by atoms with van der Waals surface area (Å²) in [5, 5.41) is 13.2. The van der Waals surface area contributed by atoms with Crippen molar-refractivity contribution in [3.63, 3.8) is 0 Å². The second kappa shape index (κ2) is 7.60. The number of amides is 1. The summed E-state index contributed by atoms with van der Waals surface area (Å²) in [4.78, 5) is 12.9. The number of nitrogens with one attached hydrogen (secondary N) is 1. The standard InChI is InChI=1S/C16H15NO3S/c1-20-10-12-4-2-5-14(8-12)17-16(19)13-9-15(21-11-13)6-3-7-18/h2,4-5,8-9,11,18H,7,10H2,1H3,(H,17,19). The van der Waals surface area contributed by atoms with Gasteiger partial charge < -0.3 is 15.2 Å². The van der Waals surface area contributed by atoms with Gasteiger partial charge in [0.15, 0.2) is 0 Å². The highest BCUT2D eigenvalue weighted by Gasteiger charge is 2.08. The molecule has 0 bridgehead atoms. The third-order valence-electron chi connectivity index (χ3n) is 2.65. The molecular formula is C16H15NO3S. The number of rotatable bonds is 4. The molecule has 0 saturated carbocycles. The number of ether oxygens (including phenoxy) is 1. The van der Waals surface area contributed by atoms with Crippen LogP contribution in [0.1, 0.15) is 20.8 Å². The molecule has 1 heterocycles. The average Bonchev–Trinajstić information content (AvgIpc) is 2.95. The highest BCUT2D eigenvalue weighted by Crippen LogP contribution is 2.17. The van der Waals surface area contributed by atoms with Gasteiger partial charge in [-0.3, -0.25) is 4.79 Å². The van der Waals surface area contributed by atoms with E-state index in [1.807, 2.05) is 24.3 Å². The second-order valence-corrected chi connectivity index (χ2v) is 5.16. The Morgan fingerprint density at radius 1 is 1.43 bits per heavy atom. The predicted molar refractivity (Wildman–Crippen MR) is 83.4 cm³/mol. The van der Waals surface area contributed by atoms with Crippen LogP contribution < -0.4 is 5.32 Å². The number of benzene rings is 1. The van der Waals surface area contributed by atoms with Crippen LogP contribution in [0, 0.1) is 11.8 Å². The number of hydrogen-bond donors (Lipinski definition) is 2. The lowest BCUT2D eigenvalue weighted by Crippen LogP contribution is -2.11. The molecule has 4 nitrogen and oxygen atoms in total. The minimum Gasteiger partial charge on any atom is -0.384 e. The van der Waals surface area contributed by atoms with Crippen molar-refractivity contribution in [3.05, 3.63) is 51.7 Å². The third-order valence-corrected chi connectivity index (χ3v) is 3.49. The van der Waals surface area contributed by atoms with Gasteiger partial charge in [-0.1, -0.05) is 24.0 Å². The fourth-order valence-electron chi connectivity index (χ4n) is 1.76. The van der Waals surface area contributed by atoms with Gasteiger partial charge in [0, 0.05) is 18.2 Å². The van der Waals surface area contributed by atoms with Gasteiger partial charge in [-0.2, -0.15) is 0 Å². The zero-order chi connectivity index (χ0) is 15.1. The van der Waals surface area contributed by atoms with Crippen LogP contribution in [-0.4, -0.2) is 24.7 Å². The summed E-state index contributed by atoms with van der Waals surface area (Å²) in [6.45, 7) is 0.314. The summed E-state index contributed by atoms with van der Waals surface area (Å²) < 4.78 is 5.07. The van der Waals surface area contributed by atoms with E-state index in [1.54, 1.807) is 18.6 Å². The number of thiophene rings is 1. The number of aliphatic hydroxyl groups is 1. The average molecular weight is 301 g/mol. The van der Waals surface area contributed by atoms with Crippen molar-refractivity contribution in [2.24, 2.45) is 0 Å². The molecule has 0 fully saturated rings. The summed E-state index contributed by atoms with van der Waals surface area (Å²) in [6.07, 6.45) is 0. The summed E-state index contributed by atoms with van der Waals surface area (Å²) in [5.74, 6) is 5.16. The van der Waals surface area contributed by atoms with Gasteiger partial charge in [0.2, 0.25) is 0 Å². The minimum atomic E-state index is -0.189. The molecule has 1 amide bonds. The molecule has 21 heavy (non-hydrogen) atoms. The molecule has 0 aliphatic heterocycles. The Morgan fingerprint density at radius 3 is 3.05 bits per heavy atom. The van der Waals surface area contributed by atoms with Crippen LogP contribution in [0.15, 0.2) is 35.7 Å². The quantitative estimate of drug-likeness (QED) is 0.853. The molecule has 0 unspecified atom stereocenters. The lowest BCUT2D eigenvalue weighted by atomic mass is 10.2. The van der Waals surface area contributed by atoms with Crippen LogP contribution in [0.2, 0.25) is 0 Å². The summed E-state index contributed by atoms with van der Waals surface area (Å²) in [5.41, 5.74) is 2.28. The molecule has 2 rings (SSSR count). The van der Waals surface area contributed by atoms with Gasteiger partial charge in [-0.05, 0) is 23.8 Å². The van der Waals surface area contributed by atoms with Gasteiger partial charge in [0.1, 0.15) is 6.61 Å². The predicted octanol–water partition coefficient (Wildman–Crippen LogP) is 2.49. The molecule has 0 radical (unpaired) electrons. The van der Waals surface area contributed by atoms with E-state index in [4.69, 9.17) is 9.84 Å². The highest BCUT2D eigenvalue weighted by molar-refractivity contribution is 7.10. The zero-order valence-electron chi connectivity index (χ0n) is 11.6. The van der Waals surface area contributed by atoms with Crippen LogP contribution in [0.3, 0.4) is 0 Å². The van der Waals surface area contributed by atoms with Crippen molar-refractivity contribution in [3.8, 4) is 11.8 Å². The van der Waals surface area contributed by atoms with Crippen LogP contribution >= 0.6 is 11.3 Å². The van der Waals surface area contributed by atoms with Crippen molar-refractivity contribution < 1.29 is 14.6 Å². The number of hydrogen-bond acceptors (Lipinski definition) is 4. The first kappa shape index (κ1) is 15.3. The van der Waals surface area contributed by atoms with Gasteiger partial charge >= 0.3 is 0 Å². The SMILES string of the molecule is COCc1cccc(NC(=O)c2csc(C#CCO)c2)c1. The lowest BCUT2D eigenvalue weighted by molar-refractivity contribution is 0.102. The molecule has 0 spiro atoms. The fraction of sp³-hybridized carbons (Fsp3) is 0.188. The molecule has 2 aromatic rings. The van der Waals surface area contributed by atoms with E-state index in [1.165, 1.54) is 11.3 Å². The number of aliphatic hydroxyl groups excluding tert-OH is 1. The number of anilines is 1. The molecule has 0 aliphatic carbocycles. The van der Waals surface area contributed by atoms with Crippen molar-refractivity contribution >= 4 is 22.9 Å². The molecule has 0 aliphatic rings. The molecular weight excluding hydrogens is 286 g/mol. The monoisotopic (exact) mass is 301 g/mol. The van der Waals surface area contributed by atoms with Gasteiger partial charge in [0.25, 0.3) is 5.91 Å². The first-order valence-corrected chi connectivity index (χ1v) is 7.18. The molecule has 0 atom stereocenters. The smallest absolute Gasteiger partial charge is 0.256 e. The number of carbonyl (C=O) groups excluding carboxylic acids is 1. The zero-order valence-corrected chi connectivity index (χ0v) is 12.4. The Labute approximate surface area is 127 Å². The van der Waals surface area contributed by atoms with E-state index >= 15 is 0 Å². The highest BCUT2D eigenvalue weighted by atomic mass is 32.1. The topological polar surface area (TPSA) is 58.6 Å². The third kappa shape index (κ3) is 4.43. The van der Waals surface area contributed by atoms with Crippen LogP contribution in [0.25, 0.3) is 0 Å². The van der Waals surface area contributed by atoms with Crippen molar-refractivity contribution in [1.29, 1.82) is 0 Å². The normalized spacial score (nSPS) is 9.81. The summed E-state index contributed by atoms with van der Waals surface area (Å²) in [7, 11) is 1.63. The van der Waals surface area contributed by atoms with Crippen LogP contribution in [0.4, 0.5) is 5.69 Å². The maximum atomic E-state index is 12.1. The first-order valence-electron chi connectivity index (χ1n) is 6.30. The molecule has 108 valence electrons. The molecule has 5 heteroatoms. The Bertz CT molecular complexity index is 682. The van der Waals surface area contributed by atoms with Crippen LogP contribution in [-0.2, 0) is 11.3 Å². The lowest BCUT2D eigenvalue weighted by Gasteiger charge is -2.06. The maximum Gasteiger partial charge on any atom is 0.256 e. The molecule has 0 saturated heterocycles. The minimum absolute atomic E-state index is 0.183. The van der Waals surface area contributed by atoms with E-state index in [-0.39, 0.29) is 12.5 Å². The Kier molecular flexibility index (Phi) is 5.52. The van der Waals surface area contributed by atoms with Gasteiger partial charge in [-0.15, -0.1) is 11.3 Å². The maximum absolute atomic E-state index is 12.1. The Balaban J connectivity index is 2.07. The Morgan fingerprint density at radius 2 is 2.29 bits per heavy atom. The fourth-order valence-corrected chi connectivity index (χ4v) is 2.51. The van der Waals surface area contributed by atoms with E-state index in [0.717, 1.165) is 16.1 Å². The summed E-state index contributed by atoms with van der Waals surface area (Å²) in [6, 6.07) is 9.22. The second-order valence-electron chi connectivity index (χ2n) is 4.25. The van der Waals surface area contributed by atoms with Crippen molar-refractivity contribution in [2.75, 3.05) is 19.0 Å². The van der Waals surface area contributed by atoms with E-state index < -0.39 is 0 Å². The number of methoxy groups -OCH3 is 1. The van der Waals surface area contributed by atoms with E-state index in [9.17, 15) is 4.79 Å². The molecule has 1 aromatic heterocycles.